The maximum atomic E-state index is 13.1. The van der Waals surface area contributed by atoms with Crippen LogP contribution >= 0.6 is 11.3 Å². The maximum Gasteiger partial charge on any atom is 0.415 e. The number of ether oxygens (including phenoxy) is 1. The summed E-state index contributed by atoms with van der Waals surface area (Å²) in [6.45, 7) is 7.37. The first-order valence-corrected chi connectivity index (χ1v) is 9.72. The van der Waals surface area contributed by atoms with Crippen molar-refractivity contribution in [2.45, 2.75) is 6.18 Å². The Balaban J connectivity index is 2.22. The van der Waals surface area contributed by atoms with Crippen LogP contribution in [-0.2, 0) is 4.74 Å². The number of rotatable bonds is 7. The number of carbonyl (C=O) groups is 1. The van der Waals surface area contributed by atoms with Gasteiger partial charge in [-0.3, -0.25) is 9.69 Å². The number of thiophene rings is 1. The van der Waals surface area contributed by atoms with E-state index in [9.17, 15) is 18.0 Å². The van der Waals surface area contributed by atoms with E-state index < -0.39 is 11.7 Å². The molecule has 1 aromatic heterocycles. The summed E-state index contributed by atoms with van der Waals surface area (Å²) in [5.74, 6) is -0.179. The van der Waals surface area contributed by atoms with Crippen LogP contribution in [0, 0.1) is 0 Å². The van der Waals surface area contributed by atoms with Crippen LogP contribution in [0.1, 0.15) is 14.5 Å². The van der Waals surface area contributed by atoms with Crippen LogP contribution in [0.2, 0.25) is 0 Å². The number of morpholine rings is 1. The molecule has 1 saturated heterocycles. The highest BCUT2D eigenvalue weighted by atomic mass is 32.1. The van der Waals surface area contributed by atoms with Crippen molar-refractivity contribution in [3.63, 3.8) is 0 Å². The molecular formula is C19H26F3N3O2S. The van der Waals surface area contributed by atoms with Gasteiger partial charge in [0, 0.05) is 47.3 Å². The second-order valence-corrected chi connectivity index (χ2v) is 7.88. The van der Waals surface area contributed by atoms with Gasteiger partial charge in [-0.1, -0.05) is 6.58 Å². The molecule has 0 saturated carbocycles. The summed E-state index contributed by atoms with van der Waals surface area (Å²) in [4.78, 5) is 18.7. The Kier molecular flexibility index (Phi) is 7.68. The molecule has 0 radical (unpaired) electrons. The van der Waals surface area contributed by atoms with Gasteiger partial charge < -0.3 is 14.5 Å². The van der Waals surface area contributed by atoms with Crippen molar-refractivity contribution in [1.29, 1.82) is 0 Å². The minimum Gasteiger partial charge on any atom is -0.379 e. The second-order valence-electron chi connectivity index (χ2n) is 6.79. The summed E-state index contributed by atoms with van der Waals surface area (Å²) in [6, 6.07) is 3.32. The van der Waals surface area contributed by atoms with E-state index in [1.807, 2.05) is 0 Å². The number of nitrogens with zero attached hydrogens (tertiary/aromatic N) is 3. The molecule has 0 bridgehead atoms. The van der Waals surface area contributed by atoms with E-state index in [-0.39, 0.29) is 5.91 Å². The fourth-order valence-corrected chi connectivity index (χ4v) is 3.76. The van der Waals surface area contributed by atoms with Gasteiger partial charge in [0.05, 0.1) is 34.2 Å². The van der Waals surface area contributed by atoms with Crippen molar-refractivity contribution in [3.05, 3.63) is 40.1 Å². The molecule has 1 fully saturated rings. The molecule has 1 amide bonds. The third-order valence-corrected chi connectivity index (χ3v) is 5.51. The number of alkyl halides is 3. The summed E-state index contributed by atoms with van der Waals surface area (Å²) in [5, 5.41) is 0. The molecule has 0 aliphatic carbocycles. The molecule has 28 heavy (non-hydrogen) atoms. The number of carbonyl (C=O) groups excluding carboxylic acids is 1. The number of amides is 1. The van der Waals surface area contributed by atoms with Crippen LogP contribution in [-0.4, -0.2) is 87.3 Å². The number of hydrogen-bond acceptors (Lipinski definition) is 5. The number of allylic oxidation sites excluding steroid dienone is 2. The second kappa shape index (κ2) is 9.58. The predicted molar refractivity (Wildman–Crippen MR) is 105 cm³/mol. The van der Waals surface area contributed by atoms with Crippen LogP contribution in [0.4, 0.5) is 13.2 Å². The average Bonchev–Trinajstić information content (AvgIpc) is 3.12. The fraction of sp³-hybridized carbons (Fsp3) is 0.526. The van der Waals surface area contributed by atoms with Crippen LogP contribution < -0.4 is 0 Å². The van der Waals surface area contributed by atoms with Crippen LogP contribution in [0.3, 0.4) is 0 Å². The van der Waals surface area contributed by atoms with Crippen molar-refractivity contribution >= 4 is 22.9 Å². The highest BCUT2D eigenvalue weighted by Crippen LogP contribution is 2.32. The third-order valence-electron chi connectivity index (χ3n) is 4.42. The van der Waals surface area contributed by atoms with Crippen LogP contribution in [0.5, 0.6) is 0 Å². The lowest BCUT2D eigenvalue weighted by molar-refractivity contribution is -0.0878. The van der Waals surface area contributed by atoms with E-state index in [1.165, 1.54) is 16.2 Å². The first kappa shape index (κ1) is 22.4. The summed E-state index contributed by atoms with van der Waals surface area (Å²) < 4.78 is 44.5. The molecule has 156 valence electrons. The van der Waals surface area contributed by atoms with Crippen molar-refractivity contribution < 1.29 is 22.7 Å². The quantitative estimate of drug-likeness (QED) is 0.639. The van der Waals surface area contributed by atoms with Crippen molar-refractivity contribution in [2.75, 3.05) is 60.5 Å². The van der Waals surface area contributed by atoms with Gasteiger partial charge in [0.25, 0.3) is 5.91 Å². The smallest absolute Gasteiger partial charge is 0.379 e. The average molecular weight is 417 g/mol. The molecule has 9 heteroatoms. The lowest BCUT2D eigenvalue weighted by Gasteiger charge is -2.30. The lowest BCUT2D eigenvalue weighted by Crippen LogP contribution is -2.40. The topological polar surface area (TPSA) is 36.0 Å². The standard InChI is InChI=1S/C19H26F3N3O2S/c1-14(19(20,21)22)13-15(16-5-6-17(28-16)18(26)23(2)3)24(4)7-8-25-9-11-27-12-10-25/h5-6,13H,1,7-12H2,2-4H3/b15-13-. The molecule has 5 nitrogen and oxygen atoms in total. The molecule has 1 aliphatic rings. The Morgan fingerprint density at radius 2 is 1.86 bits per heavy atom. The minimum absolute atomic E-state index is 0.179. The highest BCUT2D eigenvalue weighted by molar-refractivity contribution is 7.15. The predicted octanol–water partition coefficient (Wildman–Crippen LogP) is 3.17. The Bertz CT molecular complexity index is 722. The van der Waals surface area contributed by atoms with Gasteiger partial charge in [-0.15, -0.1) is 11.3 Å². The first-order valence-electron chi connectivity index (χ1n) is 8.90. The largest absolute Gasteiger partial charge is 0.415 e. The molecule has 0 N–H and O–H groups in total. The van der Waals surface area contributed by atoms with Crippen LogP contribution in [0.15, 0.2) is 30.4 Å². The molecule has 0 unspecified atom stereocenters. The summed E-state index contributed by atoms with van der Waals surface area (Å²) in [5.41, 5.74) is -0.520. The van der Waals surface area contributed by atoms with Gasteiger partial charge in [-0.25, -0.2) is 0 Å². The number of hydrogen-bond donors (Lipinski definition) is 0. The Hall–Kier alpha value is -1.84. The van der Waals surface area contributed by atoms with Gasteiger partial charge in [-0.05, 0) is 18.2 Å². The molecule has 1 aliphatic heterocycles. The van der Waals surface area contributed by atoms with Gasteiger partial charge in [0.15, 0.2) is 0 Å². The zero-order valence-corrected chi connectivity index (χ0v) is 17.2. The fourth-order valence-electron chi connectivity index (χ4n) is 2.66. The zero-order chi connectivity index (χ0) is 20.9. The van der Waals surface area contributed by atoms with E-state index in [0.29, 0.717) is 41.8 Å². The van der Waals surface area contributed by atoms with Crippen molar-refractivity contribution in [3.8, 4) is 0 Å². The molecule has 1 aromatic rings. The molecular weight excluding hydrogens is 391 g/mol. The third kappa shape index (κ3) is 6.08. The molecule has 0 atom stereocenters. The Labute approximate surface area is 167 Å². The summed E-state index contributed by atoms with van der Waals surface area (Å²) in [6.07, 6.45) is -3.45. The molecule has 2 heterocycles. The first-order chi connectivity index (χ1) is 13.1. The Morgan fingerprint density at radius 3 is 2.43 bits per heavy atom. The van der Waals surface area contributed by atoms with E-state index >= 15 is 0 Å². The number of halogens is 3. The minimum atomic E-state index is -4.50. The van der Waals surface area contributed by atoms with Crippen molar-refractivity contribution in [1.82, 2.24) is 14.7 Å². The van der Waals surface area contributed by atoms with E-state index in [4.69, 9.17) is 4.74 Å². The van der Waals surface area contributed by atoms with Crippen molar-refractivity contribution in [2.24, 2.45) is 0 Å². The van der Waals surface area contributed by atoms with E-state index in [0.717, 1.165) is 19.2 Å². The van der Waals surface area contributed by atoms with E-state index in [1.54, 1.807) is 38.2 Å². The van der Waals surface area contributed by atoms with E-state index in [2.05, 4.69) is 11.5 Å². The molecule has 2 rings (SSSR count). The monoisotopic (exact) mass is 417 g/mol. The maximum absolute atomic E-state index is 13.1. The zero-order valence-electron chi connectivity index (χ0n) is 16.4. The number of likely N-dealkylation sites (N-methyl/N-ethyl adjacent to an activating group) is 1. The highest BCUT2D eigenvalue weighted by Gasteiger charge is 2.31. The summed E-state index contributed by atoms with van der Waals surface area (Å²) >= 11 is 1.18. The Morgan fingerprint density at radius 1 is 1.25 bits per heavy atom. The molecule has 0 spiro atoms. The lowest BCUT2D eigenvalue weighted by atomic mass is 10.2. The van der Waals surface area contributed by atoms with Crippen LogP contribution in [0.25, 0.3) is 5.70 Å². The molecule has 0 aromatic carbocycles. The SMILES string of the molecule is C=C(/C=C(/c1ccc(C(=O)N(C)C)s1)N(C)CCN1CCOCC1)C(F)(F)F. The van der Waals surface area contributed by atoms with Gasteiger partial charge in [0.1, 0.15) is 0 Å². The van der Waals surface area contributed by atoms with Gasteiger partial charge in [0.2, 0.25) is 0 Å². The normalized spacial score (nSPS) is 16.1. The van der Waals surface area contributed by atoms with Gasteiger partial charge in [-0.2, -0.15) is 13.2 Å². The summed E-state index contributed by atoms with van der Waals surface area (Å²) in [7, 11) is 5.03. The van der Waals surface area contributed by atoms with Gasteiger partial charge >= 0.3 is 6.18 Å².